The topological polar surface area (TPSA) is 77.5 Å². The number of hydrogen-bond donors (Lipinski definition) is 3. The van der Waals surface area contributed by atoms with Gasteiger partial charge in [-0.2, -0.15) is 0 Å². The molecule has 0 bridgehead atoms. The molecule has 1 aliphatic carbocycles. The Kier molecular flexibility index (Phi) is 7.12. The number of aliphatic hydroxyl groups excluding tert-OH is 1. The molecule has 1 atom stereocenters. The number of anilines is 1. The molecule has 1 aromatic heterocycles. The van der Waals surface area contributed by atoms with Crippen LogP contribution in [0.2, 0.25) is 5.02 Å². The number of alkyl halides is 2. The summed E-state index contributed by atoms with van der Waals surface area (Å²) in [5.41, 5.74) is 1.05. The van der Waals surface area contributed by atoms with E-state index in [2.05, 4.69) is 15.5 Å². The van der Waals surface area contributed by atoms with Gasteiger partial charge in [-0.1, -0.05) is 11.6 Å². The zero-order chi connectivity index (χ0) is 22.7. The zero-order valence-electron chi connectivity index (χ0n) is 17.9. The summed E-state index contributed by atoms with van der Waals surface area (Å²) in [7, 11) is 0. The molecule has 9 heteroatoms. The molecule has 1 unspecified atom stereocenters. The molecule has 2 heterocycles. The largest absolute Gasteiger partial charge is 0.395 e. The fourth-order valence-electron chi connectivity index (χ4n) is 4.61. The first kappa shape index (κ1) is 23.1. The van der Waals surface area contributed by atoms with E-state index in [1.54, 1.807) is 12.1 Å². The Balaban J connectivity index is 1.45. The second-order valence-electron chi connectivity index (χ2n) is 8.78. The summed E-state index contributed by atoms with van der Waals surface area (Å²) in [5, 5.41) is 16.2. The quantitative estimate of drug-likeness (QED) is 0.581. The smallest absolute Gasteiger partial charge is 0.253 e. The minimum absolute atomic E-state index is 0.0552. The van der Waals surface area contributed by atoms with Gasteiger partial charge in [-0.3, -0.25) is 4.79 Å². The lowest BCUT2D eigenvalue weighted by Crippen LogP contribution is -2.34. The molecule has 2 fully saturated rings. The first-order valence-electron chi connectivity index (χ1n) is 11.2. The maximum Gasteiger partial charge on any atom is 0.253 e. The molecule has 1 amide bonds. The van der Waals surface area contributed by atoms with Crippen molar-refractivity contribution in [3.05, 3.63) is 34.9 Å². The molecule has 1 aromatic carbocycles. The van der Waals surface area contributed by atoms with E-state index in [4.69, 9.17) is 21.7 Å². The first-order valence-corrected chi connectivity index (χ1v) is 11.6. The summed E-state index contributed by atoms with van der Waals surface area (Å²) in [6.07, 6.45) is 1.54. The summed E-state index contributed by atoms with van der Waals surface area (Å²) in [6, 6.07) is 7.55. The number of carbonyl (C=O) groups is 1. The highest BCUT2D eigenvalue weighted by atomic mass is 35.5. The minimum Gasteiger partial charge on any atom is -0.395 e. The molecule has 174 valence electrons. The molecule has 6 nitrogen and oxygen atoms in total. The van der Waals surface area contributed by atoms with Gasteiger partial charge in [0.15, 0.2) is 0 Å². The molecular formula is C23H29ClF2N4O2. The average Bonchev–Trinajstić information content (AvgIpc) is 3.25. The standard InChI is InChI=1S/C23H29ClF2N4O2/c24-18-2-3-19-17(1-4-20(29-19)30-11-7-16(14-30)27-10-12-31)21(18)22(32)28-13-15-5-8-23(25,26)9-6-15/h1-4,15-16,27,31H,5-14H2,(H,28,32). The van der Waals surface area contributed by atoms with Crippen LogP contribution in [0.4, 0.5) is 14.6 Å². The van der Waals surface area contributed by atoms with Gasteiger partial charge in [0.05, 0.1) is 22.7 Å². The van der Waals surface area contributed by atoms with Crippen molar-refractivity contribution in [3.8, 4) is 0 Å². The van der Waals surface area contributed by atoms with Crippen LogP contribution in [-0.4, -0.2) is 60.7 Å². The Morgan fingerprint density at radius 3 is 2.75 bits per heavy atom. The molecule has 1 saturated carbocycles. The monoisotopic (exact) mass is 466 g/mol. The van der Waals surface area contributed by atoms with Gasteiger partial charge >= 0.3 is 0 Å². The van der Waals surface area contributed by atoms with E-state index in [1.165, 1.54) is 0 Å². The Bertz CT molecular complexity index is 964. The second kappa shape index (κ2) is 9.85. The Morgan fingerprint density at radius 2 is 2.00 bits per heavy atom. The van der Waals surface area contributed by atoms with Gasteiger partial charge in [0.2, 0.25) is 5.92 Å². The van der Waals surface area contributed by atoms with E-state index in [-0.39, 0.29) is 31.3 Å². The number of nitrogens with one attached hydrogen (secondary N) is 2. The lowest BCUT2D eigenvalue weighted by molar-refractivity contribution is -0.0452. The number of benzene rings is 1. The predicted molar refractivity (Wildman–Crippen MR) is 122 cm³/mol. The summed E-state index contributed by atoms with van der Waals surface area (Å²) in [6.45, 7) is 2.72. The lowest BCUT2D eigenvalue weighted by atomic mass is 9.87. The number of hydrogen-bond acceptors (Lipinski definition) is 5. The van der Waals surface area contributed by atoms with Crippen molar-refractivity contribution in [1.29, 1.82) is 0 Å². The van der Waals surface area contributed by atoms with Crippen molar-refractivity contribution in [2.75, 3.05) is 37.7 Å². The van der Waals surface area contributed by atoms with Crippen LogP contribution in [0, 0.1) is 5.92 Å². The summed E-state index contributed by atoms with van der Waals surface area (Å²) < 4.78 is 26.7. The number of aromatic nitrogens is 1. The van der Waals surface area contributed by atoms with E-state index in [1.807, 2.05) is 12.1 Å². The molecule has 1 saturated heterocycles. The number of aliphatic hydroxyl groups is 1. The third-order valence-corrected chi connectivity index (χ3v) is 6.79. The van der Waals surface area contributed by atoms with Crippen LogP contribution in [0.5, 0.6) is 0 Å². The minimum atomic E-state index is -2.58. The number of fused-ring (bicyclic) bond motifs is 1. The summed E-state index contributed by atoms with van der Waals surface area (Å²) in [5.74, 6) is -1.99. The Hall–Kier alpha value is -2.03. The van der Waals surface area contributed by atoms with Crippen molar-refractivity contribution >= 4 is 34.2 Å². The van der Waals surface area contributed by atoms with Crippen LogP contribution in [0.15, 0.2) is 24.3 Å². The number of carbonyl (C=O) groups excluding carboxylic acids is 1. The number of nitrogens with zero attached hydrogens (tertiary/aromatic N) is 2. The number of halogens is 3. The predicted octanol–water partition coefficient (Wildman–Crippen LogP) is 3.60. The van der Waals surface area contributed by atoms with Crippen molar-refractivity contribution < 1.29 is 18.7 Å². The molecule has 1 aliphatic heterocycles. The molecule has 2 aromatic rings. The average molecular weight is 467 g/mol. The van der Waals surface area contributed by atoms with E-state index in [9.17, 15) is 13.6 Å². The highest BCUT2D eigenvalue weighted by Gasteiger charge is 2.35. The van der Waals surface area contributed by atoms with E-state index in [0.717, 1.165) is 25.3 Å². The van der Waals surface area contributed by atoms with Crippen molar-refractivity contribution in [3.63, 3.8) is 0 Å². The molecule has 32 heavy (non-hydrogen) atoms. The number of amides is 1. The van der Waals surface area contributed by atoms with E-state index >= 15 is 0 Å². The zero-order valence-corrected chi connectivity index (χ0v) is 18.7. The third kappa shape index (κ3) is 5.30. The van der Waals surface area contributed by atoms with Crippen molar-refractivity contribution in [2.24, 2.45) is 5.92 Å². The van der Waals surface area contributed by atoms with Gasteiger partial charge < -0.3 is 20.6 Å². The number of pyridine rings is 1. The van der Waals surface area contributed by atoms with Crippen LogP contribution >= 0.6 is 11.6 Å². The van der Waals surface area contributed by atoms with E-state index in [0.29, 0.717) is 53.5 Å². The molecule has 0 radical (unpaired) electrons. The van der Waals surface area contributed by atoms with Crippen molar-refractivity contribution in [1.82, 2.24) is 15.6 Å². The third-order valence-electron chi connectivity index (χ3n) is 6.48. The van der Waals surface area contributed by atoms with Gasteiger partial charge in [0.1, 0.15) is 5.82 Å². The van der Waals surface area contributed by atoms with Gasteiger partial charge in [0, 0.05) is 50.4 Å². The normalized spacial score (nSPS) is 21.2. The summed E-state index contributed by atoms with van der Waals surface area (Å²) >= 11 is 6.36. The number of rotatable bonds is 7. The maximum absolute atomic E-state index is 13.4. The Morgan fingerprint density at radius 1 is 1.22 bits per heavy atom. The SMILES string of the molecule is O=C(NCC1CCC(F)(F)CC1)c1c(Cl)ccc2nc(N3CCC(NCCO)C3)ccc12. The highest BCUT2D eigenvalue weighted by Crippen LogP contribution is 2.36. The molecule has 4 rings (SSSR count). The second-order valence-corrected chi connectivity index (χ2v) is 9.18. The van der Waals surface area contributed by atoms with Crippen LogP contribution in [0.3, 0.4) is 0 Å². The molecule has 3 N–H and O–H groups in total. The van der Waals surface area contributed by atoms with Crippen LogP contribution in [0.1, 0.15) is 42.5 Å². The molecule has 0 spiro atoms. The van der Waals surface area contributed by atoms with Crippen LogP contribution in [0.25, 0.3) is 10.9 Å². The molecular weight excluding hydrogens is 438 g/mol. The van der Waals surface area contributed by atoms with Gasteiger partial charge in [0.25, 0.3) is 5.91 Å². The van der Waals surface area contributed by atoms with Crippen molar-refractivity contribution in [2.45, 2.75) is 44.1 Å². The van der Waals surface area contributed by atoms with Crippen LogP contribution < -0.4 is 15.5 Å². The van der Waals surface area contributed by atoms with E-state index < -0.39 is 5.92 Å². The van der Waals surface area contributed by atoms with Crippen LogP contribution in [-0.2, 0) is 0 Å². The van der Waals surface area contributed by atoms with Gasteiger partial charge in [-0.15, -0.1) is 0 Å². The highest BCUT2D eigenvalue weighted by molar-refractivity contribution is 6.35. The maximum atomic E-state index is 13.4. The molecule has 2 aliphatic rings. The van der Waals surface area contributed by atoms with Gasteiger partial charge in [-0.25, -0.2) is 13.8 Å². The fraction of sp³-hybridized carbons (Fsp3) is 0.565. The fourth-order valence-corrected chi connectivity index (χ4v) is 4.86. The van der Waals surface area contributed by atoms with Gasteiger partial charge in [-0.05, 0) is 49.4 Å². The lowest BCUT2D eigenvalue weighted by Gasteiger charge is -2.28. The Labute approximate surface area is 191 Å². The first-order chi connectivity index (χ1) is 15.4. The summed E-state index contributed by atoms with van der Waals surface area (Å²) in [4.78, 5) is 19.9.